The van der Waals surface area contributed by atoms with Gasteiger partial charge in [0.2, 0.25) is 5.01 Å². The van der Waals surface area contributed by atoms with Crippen LogP contribution in [0.3, 0.4) is 0 Å². The fraction of sp³-hybridized carbons (Fsp3) is 0.158. The normalized spacial score (nSPS) is 10.3. The van der Waals surface area contributed by atoms with Crippen LogP contribution in [-0.4, -0.2) is 29.1 Å². The Hall–Kier alpha value is -3.26. The molecule has 0 aliphatic rings. The Morgan fingerprint density at radius 3 is 2.44 bits per heavy atom. The summed E-state index contributed by atoms with van der Waals surface area (Å²) in [6.07, 6.45) is 0. The van der Waals surface area contributed by atoms with Gasteiger partial charge in [0.15, 0.2) is 0 Å². The predicted octanol–water partition coefficient (Wildman–Crippen LogP) is 3.04. The number of carbonyl (C=O) groups is 2. The Bertz CT molecular complexity index is 954. The number of hydrogen-bond donors (Lipinski definition) is 2. The molecular weight excluding hydrogens is 364 g/mol. The predicted molar refractivity (Wildman–Crippen MR) is 103 cm³/mol. The highest BCUT2D eigenvalue weighted by atomic mass is 32.1. The lowest BCUT2D eigenvalue weighted by molar-refractivity contribution is 0.0950. The quantitative estimate of drug-likeness (QED) is 0.683. The Morgan fingerprint density at radius 1 is 1.04 bits per heavy atom. The van der Waals surface area contributed by atoms with Crippen molar-refractivity contribution in [3.05, 3.63) is 69.7 Å². The summed E-state index contributed by atoms with van der Waals surface area (Å²) in [5.41, 5.74) is 1.97. The summed E-state index contributed by atoms with van der Waals surface area (Å²) in [5.74, 6) is 0.190. The maximum atomic E-state index is 12.3. The molecule has 0 radical (unpaired) electrons. The molecule has 2 aromatic carbocycles. The number of ether oxygens (including phenoxy) is 1. The lowest BCUT2D eigenvalue weighted by Crippen LogP contribution is -2.23. The van der Waals surface area contributed by atoms with Crippen LogP contribution in [0.15, 0.2) is 48.5 Å². The van der Waals surface area contributed by atoms with Crippen molar-refractivity contribution >= 4 is 28.8 Å². The highest BCUT2D eigenvalue weighted by Gasteiger charge is 2.12. The van der Waals surface area contributed by atoms with Gasteiger partial charge in [0.05, 0.1) is 7.11 Å². The van der Waals surface area contributed by atoms with Gasteiger partial charge in [-0.3, -0.25) is 9.59 Å². The molecule has 0 fully saturated rings. The van der Waals surface area contributed by atoms with Crippen molar-refractivity contribution in [2.75, 3.05) is 12.4 Å². The zero-order chi connectivity index (χ0) is 19.2. The van der Waals surface area contributed by atoms with E-state index in [1.54, 1.807) is 38.3 Å². The molecule has 27 heavy (non-hydrogen) atoms. The number of nitrogens with one attached hydrogen (secondary N) is 2. The van der Waals surface area contributed by atoms with E-state index in [9.17, 15) is 9.59 Å². The maximum Gasteiger partial charge on any atom is 0.286 e. The summed E-state index contributed by atoms with van der Waals surface area (Å²) < 4.78 is 5.27. The molecule has 0 aliphatic carbocycles. The van der Waals surface area contributed by atoms with Crippen molar-refractivity contribution in [1.29, 1.82) is 0 Å². The first kappa shape index (κ1) is 18.5. The van der Waals surface area contributed by atoms with E-state index in [1.807, 2.05) is 24.3 Å². The van der Waals surface area contributed by atoms with E-state index in [0.717, 1.165) is 16.3 Å². The van der Waals surface area contributed by atoms with Gasteiger partial charge in [-0.05, 0) is 37.3 Å². The fourth-order valence-electron chi connectivity index (χ4n) is 2.40. The Balaban J connectivity index is 1.59. The number of rotatable bonds is 6. The van der Waals surface area contributed by atoms with Gasteiger partial charge < -0.3 is 15.4 Å². The van der Waals surface area contributed by atoms with Crippen LogP contribution in [0.2, 0.25) is 0 Å². The monoisotopic (exact) mass is 382 g/mol. The third-order valence-corrected chi connectivity index (χ3v) is 4.59. The minimum Gasteiger partial charge on any atom is -0.496 e. The number of benzene rings is 2. The minimum atomic E-state index is -0.325. The van der Waals surface area contributed by atoms with E-state index in [0.29, 0.717) is 22.8 Å². The van der Waals surface area contributed by atoms with Gasteiger partial charge in [0.1, 0.15) is 10.8 Å². The van der Waals surface area contributed by atoms with E-state index in [1.165, 1.54) is 11.3 Å². The number of methoxy groups -OCH3 is 1. The van der Waals surface area contributed by atoms with E-state index in [-0.39, 0.29) is 11.8 Å². The van der Waals surface area contributed by atoms with E-state index in [2.05, 4.69) is 20.8 Å². The van der Waals surface area contributed by atoms with Crippen LogP contribution in [0.4, 0.5) is 5.69 Å². The molecular formula is C19H18N4O3S. The second-order valence-electron chi connectivity index (χ2n) is 5.65. The van der Waals surface area contributed by atoms with Crippen LogP contribution in [0.1, 0.15) is 30.7 Å². The second kappa shape index (κ2) is 8.41. The number of para-hydroxylation sites is 1. The van der Waals surface area contributed by atoms with Crippen LogP contribution < -0.4 is 15.4 Å². The Morgan fingerprint density at radius 2 is 1.78 bits per heavy atom. The van der Waals surface area contributed by atoms with E-state index >= 15 is 0 Å². The van der Waals surface area contributed by atoms with Crippen molar-refractivity contribution in [2.24, 2.45) is 0 Å². The molecule has 3 aromatic rings. The van der Waals surface area contributed by atoms with Gasteiger partial charge >= 0.3 is 0 Å². The van der Waals surface area contributed by atoms with Gasteiger partial charge in [0, 0.05) is 23.4 Å². The highest BCUT2D eigenvalue weighted by molar-refractivity contribution is 7.13. The number of nitrogens with zero attached hydrogens (tertiary/aromatic N) is 2. The lowest BCUT2D eigenvalue weighted by Gasteiger charge is -2.10. The van der Waals surface area contributed by atoms with Crippen molar-refractivity contribution in [3.8, 4) is 5.75 Å². The van der Waals surface area contributed by atoms with Crippen molar-refractivity contribution in [1.82, 2.24) is 15.5 Å². The minimum absolute atomic E-state index is 0.210. The fourth-order valence-corrected chi connectivity index (χ4v) is 2.99. The summed E-state index contributed by atoms with van der Waals surface area (Å²) in [6, 6.07) is 14.2. The van der Waals surface area contributed by atoms with Crippen LogP contribution in [-0.2, 0) is 6.54 Å². The molecule has 138 valence electrons. The molecule has 2 amide bonds. The molecule has 8 heteroatoms. The number of anilines is 1. The summed E-state index contributed by atoms with van der Waals surface area (Å²) in [4.78, 5) is 24.4. The van der Waals surface area contributed by atoms with Crippen LogP contribution >= 0.6 is 11.3 Å². The molecule has 7 nitrogen and oxygen atoms in total. The molecule has 3 rings (SSSR count). The molecule has 0 unspecified atom stereocenters. The van der Waals surface area contributed by atoms with Crippen LogP contribution in [0, 0.1) is 6.92 Å². The standard InChI is InChI=1S/C19H18N4O3S/c1-12-22-23-19(27-12)18(25)21-15-9-7-13(8-10-15)17(24)20-11-14-5-3-4-6-16(14)26-2/h3-10H,11H2,1-2H3,(H,20,24)(H,21,25). The summed E-state index contributed by atoms with van der Waals surface area (Å²) in [7, 11) is 1.59. The summed E-state index contributed by atoms with van der Waals surface area (Å²) in [5, 5.41) is 14.2. The Labute approximate surface area is 160 Å². The topological polar surface area (TPSA) is 93.2 Å². The van der Waals surface area contributed by atoms with Gasteiger partial charge in [-0.25, -0.2) is 0 Å². The lowest BCUT2D eigenvalue weighted by atomic mass is 10.1. The summed E-state index contributed by atoms with van der Waals surface area (Å²) >= 11 is 1.22. The van der Waals surface area contributed by atoms with Crippen molar-refractivity contribution in [2.45, 2.75) is 13.5 Å². The first-order valence-corrected chi connectivity index (χ1v) is 9.00. The molecule has 1 heterocycles. The van der Waals surface area contributed by atoms with Crippen LogP contribution in [0.25, 0.3) is 0 Å². The average Bonchev–Trinajstić information content (AvgIpc) is 3.13. The molecule has 0 saturated carbocycles. The van der Waals surface area contributed by atoms with Crippen LogP contribution in [0.5, 0.6) is 5.75 Å². The molecule has 0 bridgehead atoms. The van der Waals surface area contributed by atoms with E-state index in [4.69, 9.17) is 4.74 Å². The summed E-state index contributed by atoms with van der Waals surface area (Å²) in [6.45, 7) is 2.14. The Kier molecular flexibility index (Phi) is 5.77. The molecule has 0 atom stereocenters. The largest absolute Gasteiger partial charge is 0.496 e. The third kappa shape index (κ3) is 4.68. The first-order valence-electron chi connectivity index (χ1n) is 8.18. The zero-order valence-corrected chi connectivity index (χ0v) is 15.7. The van der Waals surface area contributed by atoms with Gasteiger partial charge in [-0.15, -0.1) is 10.2 Å². The number of aromatic nitrogens is 2. The highest BCUT2D eigenvalue weighted by Crippen LogP contribution is 2.17. The van der Waals surface area contributed by atoms with Gasteiger partial charge in [-0.2, -0.15) is 0 Å². The zero-order valence-electron chi connectivity index (χ0n) is 14.9. The van der Waals surface area contributed by atoms with Crippen molar-refractivity contribution < 1.29 is 14.3 Å². The van der Waals surface area contributed by atoms with Gasteiger partial charge in [0.25, 0.3) is 11.8 Å². The van der Waals surface area contributed by atoms with Crippen molar-refractivity contribution in [3.63, 3.8) is 0 Å². The second-order valence-corrected chi connectivity index (χ2v) is 6.83. The maximum absolute atomic E-state index is 12.3. The number of amides is 2. The SMILES string of the molecule is COc1ccccc1CNC(=O)c1ccc(NC(=O)c2nnc(C)s2)cc1. The molecule has 2 N–H and O–H groups in total. The smallest absolute Gasteiger partial charge is 0.286 e. The average molecular weight is 382 g/mol. The van der Waals surface area contributed by atoms with Gasteiger partial charge in [-0.1, -0.05) is 29.5 Å². The van der Waals surface area contributed by atoms with E-state index < -0.39 is 0 Å². The number of aryl methyl sites for hydroxylation is 1. The molecule has 1 aromatic heterocycles. The molecule has 0 spiro atoms. The number of hydrogen-bond acceptors (Lipinski definition) is 6. The third-order valence-electron chi connectivity index (χ3n) is 3.76. The molecule has 0 saturated heterocycles. The number of carbonyl (C=O) groups excluding carboxylic acids is 2. The first-order chi connectivity index (χ1) is 13.1. The molecule has 0 aliphatic heterocycles.